The van der Waals surface area contributed by atoms with Crippen LogP contribution in [0.1, 0.15) is 51.7 Å². The van der Waals surface area contributed by atoms with E-state index in [9.17, 15) is 9.59 Å². The van der Waals surface area contributed by atoms with Gasteiger partial charge in [0, 0.05) is 5.69 Å². The minimum atomic E-state index is -0.759. The second-order valence-electron chi connectivity index (χ2n) is 7.19. The lowest BCUT2D eigenvalue weighted by Crippen LogP contribution is -2.26. The van der Waals surface area contributed by atoms with Gasteiger partial charge in [0.15, 0.2) is 0 Å². The van der Waals surface area contributed by atoms with E-state index in [1.165, 1.54) is 0 Å². The van der Waals surface area contributed by atoms with Crippen LogP contribution in [0.2, 0.25) is 0 Å². The Kier molecular flexibility index (Phi) is 3.83. The number of carboxylic acid groups (broad SMARTS) is 1. The number of benzene rings is 1. The first-order chi connectivity index (χ1) is 9.62. The van der Waals surface area contributed by atoms with E-state index in [1.54, 1.807) is 0 Å². The van der Waals surface area contributed by atoms with Crippen molar-refractivity contribution in [1.82, 2.24) is 0 Å². The third-order valence-electron chi connectivity index (χ3n) is 4.29. The Hall–Kier alpha value is -1.84. The minimum absolute atomic E-state index is 0.0286. The summed E-state index contributed by atoms with van der Waals surface area (Å²) in [6, 6.07) is 6.03. The summed E-state index contributed by atoms with van der Waals surface area (Å²) in [5.41, 5.74) is 2.34. The van der Waals surface area contributed by atoms with Crippen molar-refractivity contribution in [3.05, 3.63) is 29.3 Å². The normalized spacial score (nSPS) is 16.5. The molecule has 0 radical (unpaired) electrons. The van der Waals surface area contributed by atoms with Gasteiger partial charge in [-0.2, -0.15) is 0 Å². The van der Waals surface area contributed by atoms with Crippen LogP contribution >= 0.6 is 0 Å². The number of carbonyl (C=O) groups is 2. The highest BCUT2D eigenvalue weighted by atomic mass is 16.4. The third-order valence-corrected chi connectivity index (χ3v) is 4.29. The molecular weight excluding hydrogens is 266 g/mol. The van der Waals surface area contributed by atoms with Crippen LogP contribution in [-0.2, 0) is 21.4 Å². The summed E-state index contributed by atoms with van der Waals surface area (Å²) in [4.78, 5) is 22.8. The second kappa shape index (κ2) is 5.17. The topological polar surface area (TPSA) is 66.4 Å². The first kappa shape index (κ1) is 15.5. The van der Waals surface area contributed by atoms with E-state index in [-0.39, 0.29) is 17.7 Å². The predicted molar refractivity (Wildman–Crippen MR) is 82.5 cm³/mol. The SMILES string of the molecule is CC(C)(CCc1ccc2c(c1)C(C)(C)C(=O)N2)CC(=O)O. The largest absolute Gasteiger partial charge is 0.481 e. The molecule has 2 N–H and O–H groups in total. The molecule has 2 rings (SSSR count). The predicted octanol–water partition coefficient (Wildman–Crippen LogP) is 3.35. The maximum atomic E-state index is 11.9. The highest BCUT2D eigenvalue weighted by Gasteiger charge is 2.38. The summed E-state index contributed by atoms with van der Waals surface area (Å²) in [6.45, 7) is 7.80. The van der Waals surface area contributed by atoms with Crippen molar-refractivity contribution < 1.29 is 14.7 Å². The summed E-state index contributed by atoms with van der Waals surface area (Å²) in [5, 5.41) is 11.8. The van der Waals surface area contributed by atoms with E-state index < -0.39 is 11.4 Å². The molecule has 1 aromatic rings. The average molecular weight is 289 g/mol. The van der Waals surface area contributed by atoms with E-state index in [4.69, 9.17) is 5.11 Å². The zero-order valence-corrected chi connectivity index (χ0v) is 13.1. The van der Waals surface area contributed by atoms with Crippen LogP contribution in [-0.4, -0.2) is 17.0 Å². The number of fused-ring (bicyclic) bond motifs is 1. The molecule has 1 heterocycles. The van der Waals surface area contributed by atoms with Crippen LogP contribution in [0.15, 0.2) is 18.2 Å². The highest BCUT2D eigenvalue weighted by molar-refractivity contribution is 6.05. The molecule has 1 aliphatic heterocycles. The summed E-state index contributed by atoms with van der Waals surface area (Å²) in [7, 11) is 0. The summed E-state index contributed by atoms with van der Waals surface area (Å²) < 4.78 is 0. The molecule has 0 aliphatic carbocycles. The summed E-state index contributed by atoms with van der Waals surface area (Å²) in [6.07, 6.45) is 1.79. The fraction of sp³-hybridized carbons (Fsp3) is 0.529. The molecule has 0 spiro atoms. The van der Waals surface area contributed by atoms with Crippen LogP contribution in [0.3, 0.4) is 0 Å². The molecule has 1 amide bonds. The van der Waals surface area contributed by atoms with Gasteiger partial charge in [0.1, 0.15) is 0 Å². The van der Waals surface area contributed by atoms with Gasteiger partial charge in [0.25, 0.3) is 0 Å². The lowest BCUT2D eigenvalue weighted by Gasteiger charge is -2.22. The molecule has 4 heteroatoms. The second-order valence-corrected chi connectivity index (χ2v) is 7.19. The Morgan fingerprint density at radius 1 is 1.33 bits per heavy atom. The number of carbonyl (C=O) groups excluding carboxylic acids is 1. The number of carboxylic acids is 1. The van der Waals surface area contributed by atoms with Crippen molar-refractivity contribution >= 4 is 17.6 Å². The molecule has 0 aromatic heterocycles. The third kappa shape index (κ3) is 3.26. The number of anilines is 1. The monoisotopic (exact) mass is 289 g/mol. The van der Waals surface area contributed by atoms with Crippen LogP contribution in [0, 0.1) is 5.41 Å². The van der Waals surface area contributed by atoms with E-state index in [1.807, 2.05) is 39.8 Å². The van der Waals surface area contributed by atoms with Gasteiger partial charge in [-0.1, -0.05) is 26.0 Å². The van der Waals surface area contributed by atoms with E-state index in [0.717, 1.165) is 29.7 Å². The first-order valence-electron chi connectivity index (χ1n) is 7.28. The van der Waals surface area contributed by atoms with Crippen molar-refractivity contribution in [1.29, 1.82) is 0 Å². The Labute approximate surface area is 125 Å². The van der Waals surface area contributed by atoms with Crippen molar-refractivity contribution in [2.75, 3.05) is 5.32 Å². The Morgan fingerprint density at radius 3 is 2.62 bits per heavy atom. The van der Waals surface area contributed by atoms with Gasteiger partial charge in [-0.3, -0.25) is 9.59 Å². The highest BCUT2D eigenvalue weighted by Crippen LogP contribution is 2.38. The average Bonchev–Trinajstić information content (AvgIpc) is 2.57. The van der Waals surface area contributed by atoms with E-state index >= 15 is 0 Å². The molecule has 0 fully saturated rings. The molecule has 21 heavy (non-hydrogen) atoms. The zero-order valence-electron chi connectivity index (χ0n) is 13.1. The number of nitrogens with one attached hydrogen (secondary N) is 1. The lowest BCUT2D eigenvalue weighted by molar-refractivity contribution is -0.139. The lowest BCUT2D eigenvalue weighted by atomic mass is 9.81. The summed E-state index contributed by atoms with van der Waals surface area (Å²) >= 11 is 0. The Morgan fingerprint density at radius 2 is 2.00 bits per heavy atom. The van der Waals surface area contributed by atoms with Crippen LogP contribution in [0.5, 0.6) is 0 Å². The van der Waals surface area contributed by atoms with Gasteiger partial charge in [-0.05, 0) is 49.3 Å². The van der Waals surface area contributed by atoms with Gasteiger partial charge in [0.2, 0.25) is 5.91 Å². The maximum absolute atomic E-state index is 11.9. The fourth-order valence-corrected chi connectivity index (χ4v) is 2.75. The number of rotatable bonds is 5. The minimum Gasteiger partial charge on any atom is -0.481 e. The molecular formula is C17H23NO3. The molecule has 0 saturated carbocycles. The van der Waals surface area contributed by atoms with Crippen molar-refractivity contribution in [2.45, 2.75) is 52.4 Å². The van der Waals surface area contributed by atoms with Gasteiger partial charge < -0.3 is 10.4 Å². The number of aliphatic carboxylic acids is 1. The molecule has 0 saturated heterocycles. The van der Waals surface area contributed by atoms with E-state index in [0.29, 0.717) is 0 Å². The summed E-state index contributed by atoms with van der Waals surface area (Å²) in [5.74, 6) is -0.731. The van der Waals surface area contributed by atoms with Crippen molar-refractivity contribution in [3.8, 4) is 0 Å². The molecule has 1 aliphatic rings. The quantitative estimate of drug-likeness (QED) is 0.873. The van der Waals surface area contributed by atoms with Crippen molar-refractivity contribution in [3.63, 3.8) is 0 Å². The standard InChI is InChI=1S/C17H23NO3/c1-16(2,10-14(19)20)8-7-11-5-6-13-12(9-11)17(3,4)15(21)18-13/h5-6,9H,7-8,10H2,1-4H3,(H,18,21)(H,19,20). The van der Waals surface area contributed by atoms with Gasteiger partial charge in [-0.15, -0.1) is 0 Å². The first-order valence-corrected chi connectivity index (χ1v) is 7.28. The number of hydrogen-bond donors (Lipinski definition) is 2. The van der Waals surface area contributed by atoms with Crippen LogP contribution in [0.25, 0.3) is 0 Å². The van der Waals surface area contributed by atoms with Gasteiger partial charge >= 0.3 is 5.97 Å². The number of aryl methyl sites for hydroxylation is 1. The molecule has 114 valence electrons. The Bertz CT molecular complexity index is 588. The molecule has 1 aromatic carbocycles. The van der Waals surface area contributed by atoms with Gasteiger partial charge in [0.05, 0.1) is 11.8 Å². The van der Waals surface area contributed by atoms with E-state index in [2.05, 4.69) is 11.4 Å². The van der Waals surface area contributed by atoms with Crippen molar-refractivity contribution in [2.24, 2.45) is 5.41 Å². The Balaban J connectivity index is 2.12. The molecule has 0 unspecified atom stereocenters. The maximum Gasteiger partial charge on any atom is 0.303 e. The van der Waals surface area contributed by atoms with Gasteiger partial charge in [-0.25, -0.2) is 0 Å². The molecule has 0 bridgehead atoms. The molecule has 0 atom stereocenters. The van der Waals surface area contributed by atoms with Crippen LogP contribution < -0.4 is 5.32 Å². The molecule has 4 nitrogen and oxygen atoms in total. The number of amides is 1. The number of hydrogen-bond acceptors (Lipinski definition) is 2. The smallest absolute Gasteiger partial charge is 0.303 e. The fourth-order valence-electron chi connectivity index (χ4n) is 2.75. The zero-order chi connectivity index (χ0) is 15.8. The van der Waals surface area contributed by atoms with Crippen LogP contribution in [0.4, 0.5) is 5.69 Å².